The number of rotatable bonds is 7. The summed E-state index contributed by atoms with van der Waals surface area (Å²) in [7, 11) is 0. The highest BCUT2D eigenvalue weighted by Gasteiger charge is 2.31. The third-order valence-corrected chi connectivity index (χ3v) is 5.41. The number of aromatic nitrogens is 2. The van der Waals surface area contributed by atoms with Crippen molar-refractivity contribution < 1.29 is 32.1 Å². The number of benzene rings is 2. The molecule has 1 aliphatic rings. The number of nitro benzene ring substituents is 1. The zero-order valence-electron chi connectivity index (χ0n) is 18.3. The summed E-state index contributed by atoms with van der Waals surface area (Å²) in [6, 6.07) is 10.5. The molecule has 1 saturated heterocycles. The molecule has 0 N–H and O–H groups in total. The number of carbonyl (C=O) groups excluding carboxylic acids is 1. The number of amides is 1. The number of halogens is 3. The van der Waals surface area contributed by atoms with Crippen molar-refractivity contribution in [1.29, 1.82) is 0 Å². The first kappa shape index (κ1) is 24.1. The van der Waals surface area contributed by atoms with Gasteiger partial charge in [0.2, 0.25) is 11.7 Å². The van der Waals surface area contributed by atoms with Gasteiger partial charge in [-0.15, -0.1) is 0 Å². The first-order valence-electron chi connectivity index (χ1n) is 10.6. The highest BCUT2D eigenvalue weighted by Crippen LogP contribution is 2.31. The molecule has 2 heterocycles. The summed E-state index contributed by atoms with van der Waals surface area (Å²) in [5, 5.41) is 14.8. The molecule has 1 fully saturated rings. The normalized spacial score (nSPS) is 14.7. The molecule has 4 rings (SSSR count). The van der Waals surface area contributed by atoms with Crippen LogP contribution in [-0.4, -0.2) is 63.6 Å². The fourth-order valence-electron chi connectivity index (χ4n) is 3.58. The number of hydrogen-bond acceptors (Lipinski definition) is 8. The third-order valence-electron chi connectivity index (χ3n) is 5.41. The van der Waals surface area contributed by atoms with Crippen LogP contribution in [0.3, 0.4) is 0 Å². The van der Waals surface area contributed by atoms with Gasteiger partial charge in [0.1, 0.15) is 0 Å². The molecule has 1 aromatic heterocycles. The summed E-state index contributed by atoms with van der Waals surface area (Å²) in [6.07, 6.45) is -4.47. The van der Waals surface area contributed by atoms with E-state index in [-0.39, 0.29) is 47.8 Å². The minimum atomic E-state index is -4.47. The van der Waals surface area contributed by atoms with Gasteiger partial charge in [-0.25, -0.2) is 0 Å². The molecule has 1 aliphatic heterocycles. The predicted molar refractivity (Wildman–Crippen MR) is 115 cm³/mol. The van der Waals surface area contributed by atoms with E-state index in [9.17, 15) is 28.1 Å². The van der Waals surface area contributed by atoms with Crippen LogP contribution in [0.25, 0.3) is 11.4 Å². The molecule has 0 unspecified atom stereocenters. The third kappa shape index (κ3) is 5.93. The highest BCUT2D eigenvalue weighted by molar-refractivity contribution is 5.78. The van der Waals surface area contributed by atoms with Crippen molar-refractivity contribution in [1.82, 2.24) is 19.9 Å². The smallest absolute Gasteiger partial charge is 0.416 e. The molecule has 1 amide bonds. The van der Waals surface area contributed by atoms with E-state index in [1.165, 1.54) is 30.3 Å². The average Bonchev–Trinajstić information content (AvgIpc) is 3.31. The Labute approximate surface area is 197 Å². The van der Waals surface area contributed by atoms with Gasteiger partial charge in [-0.1, -0.05) is 29.4 Å². The number of nitrogens with zero attached hydrogens (tertiary/aromatic N) is 5. The number of para-hydroxylation sites is 2. The van der Waals surface area contributed by atoms with Crippen molar-refractivity contribution in [2.75, 3.05) is 32.8 Å². The molecule has 0 spiro atoms. The van der Waals surface area contributed by atoms with Gasteiger partial charge in [-0.05, 0) is 18.2 Å². The predicted octanol–water partition coefficient (Wildman–Crippen LogP) is 3.39. The van der Waals surface area contributed by atoms with Crippen LogP contribution in [0.15, 0.2) is 53.1 Å². The maximum atomic E-state index is 12.9. The summed E-state index contributed by atoms with van der Waals surface area (Å²) < 4.78 is 49.4. The number of piperazine rings is 1. The molecule has 10 nitrogen and oxygen atoms in total. The Morgan fingerprint density at radius 3 is 2.57 bits per heavy atom. The number of ether oxygens (including phenoxy) is 1. The van der Waals surface area contributed by atoms with Crippen LogP contribution in [-0.2, 0) is 17.5 Å². The molecule has 0 aliphatic carbocycles. The van der Waals surface area contributed by atoms with E-state index in [1.54, 1.807) is 11.0 Å². The quantitative estimate of drug-likeness (QED) is 0.365. The molecule has 0 saturated carbocycles. The van der Waals surface area contributed by atoms with E-state index in [2.05, 4.69) is 10.1 Å². The fourth-order valence-corrected chi connectivity index (χ4v) is 3.58. The first-order valence-corrected chi connectivity index (χ1v) is 10.6. The largest absolute Gasteiger partial charge is 0.477 e. The van der Waals surface area contributed by atoms with Crippen LogP contribution in [0.2, 0.25) is 0 Å². The van der Waals surface area contributed by atoms with Gasteiger partial charge in [-0.2, -0.15) is 18.2 Å². The van der Waals surface area contributed by atoms with E-state index in [1.807, 2.05) is 4.90 Å². The lowest BCUT2D eigenvalue weighted by molar-refractivity contribution is -0.385. The van der Waals surface area contributed by atoms with Crippen molar-refractivity contribution in [3.8, 4) is 17.1 Å². The molecule has 0 atom stereocenters. The summed E-state index contributed by atoms with van der Waals surface area (Å²) >= 11 is 0. The van der Waals surface area contributed by atoms with E-state index in [0.717, 1.165) is 12.1 Å². The van der Waals surface area contributed by atoms with E-state index in [4.69, 9.17) is 9.26 Å². The molecular formula is C22H20F3N5O5. The number of nitro groups is 1. The molecule has 184 valence electrons. The molecule has 0 radical (unpaired) electrons. The van der Waals surface area contributed by atoms with Crippen molar-refractivity contribution >= 4 is 11.6 Å². The minimum Gasteiger partial charge on any atom is -0.477 e. The molecule has 2 aromatic carbocycles. The Morgan fingerprint density at radius 1 is 1.11 bits per heavy atom. The lowest BCUT2D eigenvalue weighted by Gasteiger charge is -2.33. The van der Waals surface area contributed by atoms with Gasteiger partial charge in [0, 0.05) is 37.8 Å². The molecule has 13 heteroatoms. The highest BCUT2D eigenvalue weighted by atomic mass is 19.4. The Balaban J connectivity index is 1.28. The summed E-state index contributed by atoms with van der Waals surface area (Å²) in [6.45, 7) is 1.74. The fraction of sp³-hybridized carbons (Fsp3) is 0.318. The summed E-state index contributed by atoms with van der Waals surface area (Å²) in [4.78, 5) is 30.7. The van der Waals surface area contributed by atoms with Crippen molar-refractivity contribution in [3.05, 3.63) is 70.1 Å². The van der Waals surface area contributed by atoms with Crippen LogP contribution >= 0.6 is 0 Å². The number of carbonyl (C=O) groups is 1. The van der Waals surface area contributed by atoms with Crippen LogP contribution in [0.4, 0.5) is 18.9 Å². The minimum absolute atomic E-state index is 0.0254. The van der Waals surface area contributed by atoms with E-state index in [0.29, 0.717) is 26.2 Å². The Bertz CT molecular complexity index is 1210. The Morgan fingerprint density at radius 2 is 1.86 bits per heavy atom. The van der Waals surface area contributed by atoms with Gasteiger partial charge >= 0.3 is 11.9 Å². The topological polar surface area (TPSA) is 115 Å². The molecular weight excluding hydrogens is 471 g/mol. The van der Waals surface area contributed by atoms with E-state index >= 15 is 0 Å². The van der Waals surface area contributed by atoms with Crippen molar-refractivity contribution in [2.24, 2.45) is 0 Å². The maximum absolute atomic E-state index is 12.9. The second-order valence-electron chi connectivity index (χ2n) is 7.76. The zero-order valence-corrected chi connectivity index (χ0v) is 18.3. The van der Waals surface area contributed by atoms with Gasteiger partial charge < -0.3 is 14.2 Å². The van der Waals surface area contributed by atoms with Crippen LogP contribution in [0.1, 0.15) is 11.5 Å². The van der Waals surface area contributed by atoms with Crippen molar-refractivity contribution in [3.63, 3.8) is 0 Å². The van der Waals surface area contributed by atoms with Crippen molar-refractivity contribution in [2.45, 2.75) is 12.7 Å². The zero-order chi connectivity index (χ0) is 25.0. The van der Waals surface area contributed by atoms with Gasteiger partial charge in [0.25, 0.3) is 5.91 Å². The second kappa shape index (κ2) is 10.1. The standard InChI is InChI=1S/C22H20F3N5O5/c23-22(24,25)16-5-3-4-15(12-16)21-26-19(35-27-21)13-28-8-10-29(11-9-28)20(31)14-34-18-7-2-1-6-17(18)30(32)33/h1-7,12H,8-11,13-14H2. The number of hydrogen-bond donors (Lipinski definition) is 0. The average molecular weight is 491 g/mol. The number of alkyl halides is 3. The maximum Gasteiger partial charge on any atom is 0.416 e. The lowest BCUT2D eigenvalue weighted by Crippen LogP contribution is -2.49. The van der Waals surface area contributed by atoms with E-state index < -0.39 is 16.7 Å². The second-order valence-corrected chi connectivity index (χ2v) is 7.76. The van der Waals surface area contributed by atoms with Gasteiger partial charge in [-0.3, -0.25) is 19.8 Å². The van der Waals surface area contributed by atoms with Crippen LogP contribution < -0.4 is 4.74 Å². The SMILES string of the molecule is O=C(COc1ccccc1[N+](=O)[O-])N1CCN(Cc2nc(-c3cccc(C(F)(F)F)c3)no2)CC1. The Kier molecular flexibility index (Phi) is 6.96. The lowest BCUT2D eigenvalue weighted by atomic mass is 10.1. The Hall–Kier alpha value is -4.00. The molecule has 0 bridgehead atoms. The van der Waals surface area contributed by atoms with Gasteiger partial charge in [0.05, 0.1) is 17.0 Å². The summed E-state index contributed by atoms with van der Waals surface area (Å²) in [5.74, 6) is 0.0360. The van der Waals surface area contributed by atoms with Crippen LogP contribution in [0.5, 0.6) is 5.75 Å². The molecule has 35 heavy (non-hydrogen) atoms. The first-order chi connectivity index (χ1) is 16.7. The van der Waals surface area contributed by atoms with Crippen LogP contribution in [0, 0.1) is 10.1 Å². The van der Waals surface area contributed by atoms with Gasteiger partial charge in [0.15, 0.2) is 12.4 Å². The summed E-state index contributed by atoms with van der Waals surface area (Å²) in [5.41, 5.74) is -0.814. The monoisotopic (exact) mass is 491 g/mol. The molecule has 3 aromatic rings.